The van der Waals surface area contributed by atoms with Crippen molar-refractivity contribution in [3.63, 3.8) is 0 Å². The molecule has 29 heavy (non-hydrogen) atoms. The third kappa shape index (κ3) is 5.85. The topological polar surface area (TPSA) is 97.3 Å². The molecule has 0 bridgehead atoms. The molecular weight excluding hydrogens is 374 g/mol. The highest BCUT2D eigenvalue weighted by Crippen LogP contribution is 2.27. The van der Waals surface area contributed by atoms with Crippen LogP contribution in [0.5, 0.6) is 0 Å². The van der Waals surface area contributed by atoms with Gasteiger partial charge in [-0.3, -0.25) is 4.79 Å². The predicted molar refractivity (Wildman–Crippen MR) is 106 cm³/mol. The Labute approximate surface area is 170 Å². The number of nitrogens with one attached hydrogen (secondary N) is 1. The molecule has 3 rings (SSSR count). The van der Waals surface area contributed by atoms with Gasteiger partial charge in [-0.15, -0.1) is 0 Å². The van der Waals surface area contributed by atoms with Crippen LogP contribution in [-0.4, -0.2) is 53.4 Å². The fourth-order valence-corrected chi connectivity index (χ4v) is 3.39. The minimum absolute atomic E-state index is 0.262. The highest BCUT2D eigenvalue weighted by molar-refractivity contribution is 5.73. The van der Waals surface area contributed by atoms with Crippen molar-refractivity contribution in [2.75, 3.05) is 6.61 Å². The van der Waals surface area contributed by atoms with Crippen molar-refractivity contribution in [3.05, 3.63) is 71.8 Å². The Balaban J connectivity index is 1.80. The molecular formula is C22H27NO6. The van der Waals surface area contributed by atoms with E-state index >= 15 is 0 Å². The molecule has 7 heteroatoms. The number of benzene rings is 2. The summed E-state index contributed by atoms with van der Waals surface area (Å²) in [5.41, 5.74) is 1.89. The minimum atomic E-state index is -1.33. The molecule has 1 heterocycles. The summed E-state index contributed by atoms with van der Waals surface area (Å²) in [7, 11) is 0. The molecule has 1 fully saturated rings. The lowest BCUT2D eigenvalue weighted by atomic mass is 9.96. The number of carbonyl (C=O) groups excluding carboxylic acids is 1. The zero-order valence-corrected chi connectivity index (χ0v) is 16.3. The number of amides is 1. The first kappa shape index (κ1) is 21.4. The molecule has 1 saturated heterocycles. The van der Waals surface area contributed by atoms with Crippen molar-refractivity contribution >= 4 is 5.91 Å². The molecule has 156 valence electrons. The third-order valence-electron chi connectivity index (χ3n) is 4.79. The molecule has 0 aliphatic carbocycles. The van der Waals surface area contributed by atoms with Crippen LogP contribution in [-0.2, 0) is 32.2 Å². The van der Waals surface area contributed by atoms with E-state index in [9.17, 15) is 15.0 Å². The molecule has 1 unspecified atom stereocenters. The van der Waals surface area contributed by atoms with Crippen LogP contribution in [0.3, 0.4) is 0 Å². The molecule has 2 aromatic carbocycles. The van der Waals surface area contributed by atoms with Crippen LogP contribution in [0.1, 0.15) is 18.1 Å². The SMILES string of the molecule is CC(=O)N[C@H]1C(O)O[C@H](CO)[C@H](OCc2ccccc2)[C@@H]1OCc1ccccc1. The average molecular weight is 401 g/mol. The maximum absolute atomic E-state index is 11.7. The summed E-state index contributed by atoms with van der Waals surface area (Å²) in [6.45, 7) is 1.55. The van der Waals surface area contributed by atoms with Crippen LogP contribution < -0.4 is 5.32 Å². The average Bonchev–Trinajstić information content (AvgIpc) is 2.74. The van der Waals surface area contributed by atoms with E-state index in [4.69, 9.17) is 14.2 Å². The van der Waals surface area contributed by atoms with Crippen molar-refractivity contribution in [2.45, 2.75) is 50.8 Å². The molecule has 2 aromatic rings. The van der Waals surface area contributed by atoms with E-state index in [0.717, 1.165) is 11.1 Å². The lowest BCUT2D eigenvalue weighted by Crippen LogP contribution is -2.65. The fourth-order valence-electron chi connectivity index (χ4n) is 3.39. The van der Waals surface area contributed by atoms with E-state index < -0.39 is 30.6 Å². The largest absolute Gasteiger partial charge is 0.394 e. The van der Waals surface area contributed by atoms with Crippen LogP contribution in [0.2, 0.25) is 0 Å². The Kier molecular flexibility index (Phi) is 7.74. The molecule has 7 nitrogen and oxygen atoms in total. The molecule has 1 aliphatic heterocycles. The molecule has 0 spiro atoms. The summed E-state index contributed by atoms with van der Waals surface area (Å²) in [5, 5.41) is 22.9. The van der Waals surface area contributed by atoms with Crippen LogP contribution in [0.25, 0.3) is 0 Å². The van der Waals surface area contributed by atoms with Gasteiger partial charge >= 0.3 is 0 Å². The van der Waals surface area contributed by atoms with Crippen LogP contribution in [0.4, 0.5) is 0 Å². The first-order valence-electron chi connectivity index (χ1n) is 9.61. The zero-order valence-electron chi connectivity index (χ0n) is 16.3. The number of ether oxygens (including phenoxy) is 3. The minimum Gasteiger partial charge on any atom is -0.394 e. The van der Waals surface area contributed by atoms with Gasteiger partial charge in [0.1, 0.15) is 24.4 Å². The molecule has 5 atom stereocenters. The van der Waals surface area contributed by atoms with Crippen molar-refractivity contribution in [1.82, 2.24) is 5.32 Å². The predicted octanol–water partition coefficient (Wildman–Crippen LogP) is 1.37. The lowest BCUT2D eigenvalue weighted by Gasteiger charge is -2.44. The number of hydrogen-bond donors (Lipinski definition) is 3. The molecule has 0 aromatic heterocycles. The van der Waals surface area contributed by atoms with Gasteiger partial charge in [0.25, 0.3) is 0 Å². The molecule has 0 saturated carbocycles. The van der Waals surface area contributed by atoms with Crippen molar-refractivity contribution in [2.24, 2.45) is 0 Å². The van der Waals surface area contributed by atoms with Gasteiger partial charge in [-0.25, -0.2) is 0 Å². The van der Waals surface area contributed by atoms with Gasteiger partial charge in [0.2, 0.25) is 5.91 Å². The summed E-state index contributed by atoms with van der Waals surface area (Å²) in [6.07, 6.45) is -3.53. The second kappa shape index (κ2) is 10.5. The molecule has 0 radical (unpaired) electrons. The van der Waals surface area contributed by atoms with E-state index in [0.29, 0.717) is 0 Å². The summed E-state index contributed by atoms with van der Waals surface area (Å²) in [6, 6.07) is 18.3. The number of hydrogen-bond acceptors (Lipinski definition) is 6. The van der Waals surface area contributed by atoms with E-state index in [-0.39, 0.29) is 25.7 Å². The van der Waals surface area contributed by atoms with Crippen molar-refractivity contribution in [3.8, 4) is 0 Å². The van der Waals surface area contributed by atoms with Gasteiger partial charge in [0, 0.05) is 6.92 Å². The molecule has 1 amide bonds. The van der Waals surface area contributed by atoms with Gasteiger partial charge in [-0.05, 0) is 11.1 Å². The van der Waals surface area contributed by atoms with E-state index in [2.05, 4.69) is 5.32 Å². The standard InChI is InChI=1S/C22H27NO6/c1-15(25)23-19-21(28-14-17-10-6-3-7-11-17)20(18(12-24)29-22(19)26)27-13-16-8-4-2-5-9-16/h2-11,18-22,24,26H,12-14H2,1H3,(H,23,25)/t18-,19-,20+,21-,22?/m1/s1. The maximum atomic E-state index is 11.7. The first-order valence-corrected chi connectivity index (χ1v) is 9.61. The smallest absolute Gasteiger partial charge is 0.217 e. The van der Waals surface area contributed by atoms with Crippen LogP contribution in [0.15, 0.2) is 60.7 Å². The van der Waals surface area contributed by atoms with Gasteiger partial charge < -0.3 is 29.7 Å². The van der Waals surface area contributed by atoms with E-state index in [1.807, 2.05) is 60.7 Å². The number of carbonyl (C=O) groups is 1. The highest BCUT2D eigenvalue weighted by Gasteiger charge is 2.47. The first-order chi connectivity index (χ1) is 14.1. The zero-order chi connectivity index (χ0) is 20.6. The Morgan fingerprint density at radius 1 is 0.966 bits per heavy atom. The van der Waals surface area contributed by atoms with Crippen molar-refractivity contribution in [1.29, 1.82) is 0 Å². The van der Waals surface area contributed by atoms with Crippen LogP contribution >= 0.6 is 0 Å². The third-order valence-corrected chi connectivity index (χ3v) is 4.79. The Bertz CT molecular complexity index is 756. The number of aliphatic hydroxyl groups excluding tert-OH is 2. The summed E-state index contributed by atoms with van der Waals surface area (Å²) in [4.78, 5) is 11.7. The normalized spacial score (nSPS) is 26.8. The summed E-state index contributed by atoms with van der Waals surface area (Å²) in [5.74, 6) is -0.324. The monoisotopic (exact) mass is 401 g/mol. The Hall–Kier alpha value is -2.29. The molecule has 1 aliphatic rings. The molecule has 3 N–H and O–H groups in total. The maximum Gasteiger partial charge on any atom is 0.217 e. The Morgan fingerprint density at radius 3 is 1.97 bits per heavy atom. The van der Waals surface area contributed by atoms with Crippen molar-refractivity contribution < 1.29 is 29.2 Å². The lowest BCUT2D eigenvalue weighted by molar-refractivity contribution is -0.275. The number of rotatable bonds is 8. The second-order valence-electron chi connectivity index (χ2n) is 7.00. The second-order valence-corrected chi connectivity index (χ2v) is 7.00. The van der Waals surface area contributed by atoms with Crippen LogP contribution in [0, 0.1) is 0 Å². The van der Waals surface area contributed by atoms with Gasteiger partial charge in [0.15, 0.2) is 6.29 Å². The van der Waals surface area contributed by atoms with Gasteiger partial charge in [-0.1, -0.05) is 60.7 Å². The van der Waals surface area contributed by atoms with Gasteiger partial charge in [0.05, 0.1) is 19.8 Å². The van der Waals surface area contributed by atoms with Gasteiger partial charge in [-0.2, -0.15) is 0 Å². The Morgan fingerprint density at radius 2 is 1.48 bits per heavy atom. The quantitative estimate of drug-likeness (QED) is 0.618. The van der Waals surface area contributed by atoms with E-state index in [1.165, 1.54) is 6.92 Å². The fraction of sp³-hybridized carbons (Fsp3) is 0.409. The summed E-state index contributed by atoms with van der Waals surface area (Å²) >= 11 is 0. The number of aliphatic hydroxyl groups is 2. The highest BCUT2D eigenvalue weighted by atomic mass is 16.6. The van der Waals surface area contributed by atoms with E-state index in [1.54, 1.807) is 0 Å². The summed E-state index contributed by atoms with van der Waals surface area (Å²) < 4.78 is 17.7.